The van der Waals surface area contributed by atoms with E-state index in [-0.39, 0.29) is 12.5 Å². The van der Waals surface area contributed by atoms with E-state index in [1.165, 1.54) is 0 Å². The van der Waals surface area contributed by atoms with E-state index in [9.17, 15) is 9.59 Å². The first-order valence-electron chi connectivity index (χ1n) is 5.27. The fourth-order valence-corrected chi connectivity index (χ4v) is 1.17. The molecule has 6 nitrogen and oxygen atoms in total. The molecule has 1 heterocycles. The topological polar surface area (TPSA) is 80.3 Å². The van der Waals surface area contributed by atoms with Gasteiger partial charge in [-0.1, -0.05) is 0 Å². The maximum atomic E-state index is 11.1. The van der Waals surface area contributed by atoms with Crippen LogP contribution in [0.1, 0.15) is 12.6 Å². The third kappa shape index (κ3) is 4.96. The highest BCUT2D eigenvalue weighted by Crippen LogP contribution is 2.05. The molecule has 0 bridgehead atoms. The number of hydrogen-bond donors (Lipinski definition) is 2. The van der Waals surface area contributed by atoms with Crippen molar-refractivity contribution in [3.8, 4) is 0 Å². The molecular weight excluding hydrogens is 222 g/mol. The largest absolute Gasteiger partial charge is 0.465 e. The Hall–Kier alpha value is -2.11. The number of anilines is 1. The van der Waals surface area contributed by atoms with Gasteiger partial charge in [0.1, 0.15) is 6.54 Å². The fraction of sp³-hybridized carbons (Fsp3) is 0.364. The molecule has 1 amide bonds. The lowest BCUT2D eigenvalue weighted by molar-refractivity contribution is -0.140. The molecule has 0 radical (unpaired) electrons. The predicted molar refractivity (Wildman–Crippen MR) is 62.3 cm³/mol. The SMILES string of the molecule is CCOC(=O)CNc1ccc(CNC=O)nc1. The lowest BCUT2D eigenvalue weighted by atomic mass is 10.3. The van der Waals surface area contributed by atoms with Crippen LogP contribution in [0.4, 0.5) is 5.69 Å². The van der Waals surface area contributed by atoms with Crippen molar-refractivity contribution in [2.75, 3.05) is 18.5 Å². The minimum atomic E-state index is -0.306. The summed E-state index contributed by atoms with van der Waals surface area (Å²) in [4.78, 5) is 25.3. The Kier molecular flexibility index (Phi) is 5.50. The molecule has 0 aliphatic carbocycles. The predicted octanol–water partition coefficient (Wildman–Crippen LogP) is 0.303. The first-order valence-corrected chi connectivity index (χ1v) is 5.27. The van der Waals surface area contributed by atoms with Crippen LogP contribution in [0, 0.1) is 0 Å². The number of esters is 1. The molecular formula is C11H15N3O3. The summed E-state index contributed by atoms with van der Waals surface area (Å²) in [5.41, 5.74) is 1.48. The zero-order valence-corrected chi connectivity index (χ0v) is 9.60. The number of rotatable bonds is 7. The van der Waals surface area contributed by atoms with Crippen LogP contribution >= 0.6 is 0 Å². The van der Waals surface area contributed by atoms with E-state index >= 15 is 0 Å². The molecule has 1 aromatic heterocycles. The Balaban J connectivity index is 2.39. The normalized spacial score (nSPS) is 9.47. The van der Waals surface area contributed by atoms with Gasteiger partial charge in [0.25, 0.3) is 0 Å². The Morgan fingerprint density at radius 2 is 2.35 bits per heavy atom. The van der Waals surface area contributed by atoms with Crippen molar-refractivity contribution in [1.82, 2.24) is 10.3 Å². The molecule has 1 rings (SSSR count). The van der Waals surface area contributed by atoms with Crippen LogP contribution in [0.25, 0.3) is 0 Å². The van der Waals surface area contributed by atoms with E-state index in [1.54, 1.807) is 25.3 Å². The van der Waals surface area contributed by atoms with Crippen molar-refractivity contribution in [2.45, 2.75) is 13.5 Å². The highest BCUT2D eigenvalue weighted by Gasteiger charge is 2.01. The van der Waals surface area contributed by atoms with Gasteiger partial charge in [0.2, 0.25) is 6.41 Å². The van der Waals surface area contributed by atoms with Gasteiger partial charge in [0.15, 0.2) is 0 Å². The molecule has 1 aromatic rings. The summed E-state index contributed by atoms with van der Waals surface area (Å²) in [5, 5.41) is 5.40. The molecule has 92 valence electrons. The summed E-state index contributed by atoms with van der Waals surface area (Å²) in [6.45, 7) is 2.63. The smallest absolute Gasteiger partial charge is 0.325 e. The van der Waals surface area contributed by atoms with Crippen LogP contribution in [-0.4, -0.2) is 30.5 Å². The van der Waals surface area contributed by atoms with Gasteiger partial charge in [0, 0.05) is 0 Å². The Labute approximate surface area is 99.4 Å². The second-order valence-corrected chi connectivity index (χ2v) is 3.20. The van der Waals surface area contributed by atoms with Crippen molar-refractivity contribution >= 4 is 18.1 Å². The van der Waals surface area contributed by atoms with Gasteiger partial charge in [0.05, 0.1) is 30.7 Å². The highest BCUT2D eigenvalue weighted by molar-refractivity contribution is 5.74. The lowest BCUT2D eigenvalue weighted by Gasteiger charge is -2.06. The number of nitrogens with zero attached hydrogens (tertiary/aromatic N) is 1. The van der Waals surface area contributed by atoms with Gasteiger partial charge in [-0.05, 0) is 19.1 Å². The van der Waals surface area contributed by atoms with Crippen LogP contribution in [0.3, 0.4) is 0 Å². The monoisotopic (exact) mass is 237 g/mol. The van der Waals surface area contributed by atoms with Gasteiger partial charge >= 0.3 is 5.97 Å². The summed E-state index contributed by atoms with van der Waals surface area (Å²) < 4.78 is 4.77. The maximum absolute atomic E-state index is 11.1. The molecule has 0 aromatic carbocycles. The van der Waals surface area contributed by atoms with Crippen LogP contribution < -0.4 is 10.6 Å². The Morgan fingerprint density at radius 1 is 1.53 bits per heavy atom. The van der Waals surface area contributed by atoms with E-state index in [4.69, 9.17) is 4.74 Å². The number of amides is 1. The van der Waals surface area contributed by atoms with Crippen LogP contribution in [0.5, 0.6) is 0 Å². The molecule has 2 N–H and O–H groups in total. The molecule has 0 saturated heterocycles. The minimum Gasteiger partial charge on any atom is -0.465 e. The zero-order valence-electron chi connectivity index (χ0n) is 9.60. The molecule has 0 saturated carbocycles. The molecule has 0 aliphatic heterocycles. The first kappa shape index (κ1) is 13.0. The number of pyridine rings is 1. The number of nitrogens with one attached hydrogen (secondary N) is 2. The van der Waals surface area contributed by atoms with Gasteiger partial charge in [-0.3, -0.25) is 14.6 Å². The fourth-order valence-electron chi connectivity index (χ4n) is 1.17. The third-order valence-corrected chi connectivity index (χ3v) is 1.93. The first-order chi connectivity index (χ1) is 8.26. The third-order valence-electron chi connectivity index (χ3n) is 1.93. The molecule has 0 unspecified atom stereocenters. The van der Waals surface area contributed by atoms with Crippen LogP contribution in [-0.2, 0) is 20.9 Å². The van der Waals surface area contributed by atoms with Crippen molar-refractivity contribution in [1.29, 1.82) is 0 Å². The Morgan fingerprint density at radius 3 is 2.94 bits per heavy atom. The second-order valence-electron chi connectivity index (χ2n) is 3.20. The highest BCUT2D eigenvalue weighted by atomic mass is 16.5. The van der Waals surface area contributed by atoms with Crippen molar-refractivity contribution < 1.29 is 14.3 Å². The second kappa shape index (κ2) is 7.21. The average Bonchev–Trinajstić information content (AvgIpc) is 2.35. The van der Waals surface area contributed by atoms with E-state index in [0.29, 0.717) is 19.6 Å². The summed E-state index contributed by atoms with van der Waals surface area (Å²) in [7, 11) is 0. The number of hydrogen-bond acceptors (Lipinski definition) is 5. The van der Waals surface area contributed by atoms with Crippen molar-refractivity contribution in [3.63, 3.8) is 0 Å². The Bertz CT molecular complexity index is 365. The molecule has 6 heteroatoms. The van der Waals surface area contributed by atoms with E-state index < -0.39 is 0 Å². The van der Waals surface area contributed by atoms with E-state index in [2.05, 4.69) is 15.6 Å². The average molecular weight is 237 g/mol. The number of carbonyl (C=O) groups excluding carboxylic acids is 2. The van der Waals surface area contributed by atoms with Gasteiger partial charge in [-0.2, -0.15) is 0 Å². The van der Waals surface area contributed by atoms with Gasteiger partial charge in [-0.25, -0.2) is 0 Å². The molecule has 0 aliphatic rings. The van der Waals surface area contributed by atoms with Crippen molar-refractivity contribution in [3.05, 3.63) is 24.0 Å². The van der Waals surface area contributed by atoms with Crippen molar-refractivity contribution in [2.24, 2.45) is 0 Å². The molecule has 17 heavy (non-hydrogen) atoms. The van der Waals surface area contributed by atoms with Gasteiger partial charge in [-0.15, -0.1) is 0 Å². The minimum absolute atomic E-state index is 0.113. The summed E-state index contributed by atoms with van der Waals surface area (Å²) >= 11 is 0. The van der Waals surface area contributed by atoms with Gasteiger partial charge < -0.3 is 15.4 Å². The van der Waals surface area contributed by atoms with Crippen LogP contribution in [0.15, 0.2) is 18.3 Å². The zero-order chi connectivity index (χ0) is 12.5. The van der Waals surface area contributed by atoms with E-state index in [0.717, 1.165) is 11.4 Å². The van der Waals surface area contributed by atoms with Crippen LogP contribution in [0.2, 0.25) is 0 Å². The summed E-state index contributed by atoms with van der Waals surface area (Å²) in [5.74, 6) is -0.306. The molecule has 0 fully saturated rings. The summed E-state index contributed by atoms with van der Waals surface area (Å²) in [6, 6.07) is 3.55. The molecule has 0 atom stereocenters. The number of ether oxygens (including phenoxy) is 1. The standard InChI is InChI=1S/C11H15N3O3/c1-2-17-11(16)7-14-10-4-3-9(13-6-10)5-12-8-15/h3-4,6,8,14H,2,5,7H2,1H3,(H,12,15). The number of aromatic nitrogens is 1. The summed E-state index contributed by atoms with van der Waals surface area (Å²) in [6.07, 6.45) is 2.22. The quantitative estimate of drug-likeness (QED) is 0.526. The maximum Gasteiger partial charge on any atom is 0.325 e. The molecule has 0 spiro atoms. The number of carbonyl (C=O) groups is 2. The van der Waals surface area contributed by atoms with E-state index in [1.807, 2.05) is 0 Å². The lowest BCUT2D eigenvalue weighted by Crippen LogP contribution is -2.17.